The van der Waals surface area contributed by atoms with Gasteiger partial charge < -0.3 is 29.5 Å². The van der Waals surface area contributed by atoms with Crippen molar-refractivity contribution < 1.29 is 38.2 Å². The highest BCUT2D eigenvalue weighted by Crippen LogP contribution is 2.27. The molecular weight excluding hydrogens is 676 g/mol. The molecule has 1 aromatic rings. The van der Waals surface area contributed by atoms with Crippen molar-refractivity contribution in [3.05, 3.63) is 35.9 Å². The number of cyclic esters (lactones) is 2. The van der Waals surface area contributed by atoms with E-state index in [4.69, 9.17) is 9.47 Å². The first-order chi connectivity index (χ1) is 25.0. The van der Waals surface area contributed by atoms with Crippen molar-refractivity contribution in [1.29, 1.82) is 0 Å². The summed E-state index contributed by atoms with van der Waals surface area (Å²) >= 11 is 0. The van der Waals surface area contributed by atoms with E-state index in [1.165, 1.54) is 21.7 Å². The maximum absolute atomic E-state index is 14.5. The molecule has 2 aliphatic rings. The number of hydrogen-bond acceptors (Lipinski definition) is 8. The van der Waals surface area contributed by atoms with Crippen LogP contribution in [0.2, 0.25) is 0 Å². The molecule has 0 bridgehead atoms. The standard InChI is InChI=1S/C41H64N4O8/c1-11-13-15-22-31-28(8)36(46)42-33(25(3)4)39(49)44(10)35(27(7)12-2)41(51)53-32(24-29-19-16-14-17-20-29)38(48)45-23-18-21-30(45)37(47)43(9)34(26(5)6)40(50)52-31/h14,16-17,19-20,25-28,30-35H,11-13,15,18,21-24H2,1-10H3,(H,42,46)/t27-,28+,30-,31?,32-,33-,34-,35?/m0/s1. The summed E-state index contributed by atoms with van der Waals surface area (Å²) in [5.74, 6) is -5.10. The van der Waals surface area contributed by atoms with Gasteiger partial charge in [-0.25, -0.2) is 9.59 Å². The Labute approximate surface area is 316 Å². The quantitative estimate of drug-likeness (QED) is 0.267. The molecule has 2 saturated heterocycles. The van der Waals surface area contributed by atoms with Crippen molar-refractivity contribution in [2.75, 3.05) is 20.6 Å². The number of carbonyl (C=O) groups excluding carboxylic acids is 6. The summed E-state index contributed by atoms with van der Waals surface area (Å²) in [6.07, 6.45) is 2.35. The molecule has 296 valence electrons. The number of unbranched alkanes of at least 4 members (excludes halogenated alkanes) is 2. The molecule has 0 aliphatic carbocycles. The fraction of sp³-hybridized carbons (Fsp3) is 0.707. The average Bonchev–Trinajstić information content (AvgIpc) is 3.61. The van der Waals surface area contributed by atoms with Gasteiger partial charge >= 0.3 is 11.9 Å². The summed E-state index contributed by atoms with van der Waals surface area (Å²) in [6, 6.07) is 5.25. The molecule has 1 aromatic carbocycles. The molecule has 53 heavy (non-hydrogen) atoms. The molecule has 0 spiro atoms. The van der Waals surface area contributed by atoms with Crippen LogP contribution in [0.25, 0.3) is 0 Å². The van der Waals surface area contributed by atoms with Gasteiger partial charge in [0, 0.05) is 27.1 Å². The summed E-state index contributed by atoms with van der Waals surface area (Å²) < 4.78 is 12.3. The van der Waals surface area contributed by atoms with E-state index in [0.717, 1.165) is 18.4 Å². The van der Waals surface area contributed by atoms with Gasteiger partial charge in [0.25, 0.3) is 5.91 Å². The zero-order valence-corrected chi connectivity index (χ0v) is 33.6. The smallest absolute Gasteiger partial charge is 0.329 e. The summed E-state index contributed by atoms with van der Waals surface area (Å²) in [5, 5.41) is 2.91. The Hall–Kier alpha value is -3.96. The molecule has 0 aromatic heterocycles. The number of benzene rings is 1. The molecule has 0 radical (unpaired) electrons. The zero-order valence-electron chi connectivity index (χ0n) is 33.6. The van der Waals surface area contributed by atoms with E-state index < -0.39 is 77.9 Å². The lowest BCUT2D eigenvalue weighted by molar-refractivity contribution is -0.170. The first kappa shape index (κ1) is 43.4. The van der Waals surface area contributed by atoms with E-state index in [1.807, 2.05) is 71.9 Å². The van der Waals surface area contributed by atoms with Gasteiger partial charge in [0.2, 0.25) is 17.7 Å². The van der Waals surface area contributed by atoms with Crippen molar-refractivity contribution in [2.45, 2.75) is 143 Å². The lowest BCUT2D eigenvalue weighted by Gasteiger charge is -2.36. The maximum atomic E-state index is 14.5. The van der Waals surface area contributed by atoms with Crippen molar-refractivity contribution in [2.24, 2.45) is 23.7 Å². The number of hydrogen-bond donors (Lipinski definition) is 1. The molecule has 2 fully saturated rings. The minimum atomic E-state index is -1.28. The van der Waals surface area contributed by atoms with Gasteiger partial charge in [0.05, 0.1) is 5.92 Å². The highest BCUT2D eigenvalue weighted by atomic mass is 16.6. The molecule has 4 amide bonds. The molecule has 8 atom stereocenters. The third kappa shape index (κ3) is 10.8. The minimum Gasteiger partial charge on any atom is -0.460 e. The van der Waals surface area contributed by atoms with Crippen LogP contribution >= 0.6 is 0 Å². The van der Waals surface area contributed by atoms with Crippen LogP contribution in [0.5, 0.6) is 0 Å². The first-order valence-electron chi connectivity index (χ1n) is 19.6. The molecule has 3 rings (SSSR count). The van der Waals surface area contributed by atoms with E-state index in [9.17, 15) is 28.8 Å². The third-order valence-corrected chi connectivity index (χ3v) is 11.0. The van der Waals surface area contributed by atoms with Gasteiger partial charge in [-0.05, 0) is 49.0 Å². The van der Waals surface area contributed by atoms with E-state index in [-0.39, 0.29) is 30.7 Å². The van der Waals surface area contributed by atoms with Crippen LogP contribution in [0.15, 0.2) is 30.3 Å². The first-order valence-corrected chi connectivity index (χ1v) is 19.6. The van der Waals surface area contributed by atoms with Crippen LogP contribution in [-0.2, 0) is 44.7 Å². The van der Waals surface area contributed by atoms with Crippen LogP contribution in [0.4, 0.5) is 0 Å². The van der Waals surface area contributed by atoms with Crippen molar-refractivity contribution in [3.63, 3.8) is 0 Å². The highest BCUT2D eigenvalue weighted by Gasteiger charge is 2.45. The third-order valence-electron chi connectivity index (χ3n) is 11.0. The Morgan fingerprint density at radius 2 is 1.42 bits per heavy atom. The monoisotopic (exact) mass is 740 g/mol. The number of esters is 2. The van der Waals surface area contributed by atoms with Crippen LogP contribution in [0.3, 0.4) is 0 Å². The molecule has 12 nitrogen and oxygen atoms in total. The Kier molecular flexibility index (Phi) is 16.3. The van der Waals surface area contributed by atoms with Gasteiger partial charge in [0.1, 0.15) is 30.3 Å². The molecule has 2 aliphatic heterocycles. The predicted molar refractivity (Wildman–Crippen MR) is 202 cm³/mol. The molecule has 2 heterocycles. The van der Waals surface area contributed by atoms with Crippen molar-refractivity contribution in [3.8, 4) is 0 Å². The normalized spacial score (nSPS) is 27.9. The van der Waals surface area contributed by atoms with Gasteiger partial charge in [-0.1, -0.05) is 105 Å². The summed E-state index contributed by atoms with van der Waals surface area (Å²) in [7, 11) is 3.07. The highest BCUT2D eigenvalue weighted by molar-refractivity contribution is 5.95. The number of rotatable bonds is 10. The number of carbonyl (C=O) groups is 6. The second-order valence-corrected chi connectivity index (χ2v) is 15.7. The summed E-state index contributed by atoms with van der Waals surface area (Å²) in [5.41, 5.74) is 0.758. The Morgan fingerprint density at radius 1 is 0.792 bits per heavy atom. The van der Waals surface area contributed by atoms with Crippen LogP contribution < -0.4 is 5.32 Å². The number of nitrogens with one attached hydrogen (secondary N) is 1. The van der Waals surface area contributed by atoms with Gasteiger partial charge in [0.15, 0.2) is 6.10 Å². The fourth-order valence-electron chi connectivity index (χ4n) is 7.48. The Morgan fingerprint density at radius 3 is 2.00 bits per heavy atom. The second kappa shape index (κ2) is 19.9. The van der Waals surface area contributed by atoms with E-state index >= 15 is 0 Å². The molecule has 1 N–H and O–H groups in total. The Bertz CT molecular complexity index is 1420. The number of nitrogens with zero attached hydrogens (tertiary/aromatic N) is 3. The van der Waals surface area contributed by atoms with Gasteiger partial charge in [-0.3, -0.25) is 19.2 Å². The Balaban J connectivity index is 2.18. The molecule has 2 unspecified atom stereocenters. The van der Waals surface area contributed by atoms with Crippen LogP contribution in [0, 0.1) is 23.7 Å². The van der Waals surface area contributed by atoms with E-state index in [2.05, 4.69) is 12.2 Å². The fourth-order valence-corrected chi connectivity index (χ4v) is 7.48. The lowest BCUT2D eigenvalue weighted by Crippen LogP contribution is -2.58. The number of ether oxygens (including phenoxy) is 2. The molecule has 0 saturated carbocycles. The van der Waals surface area contributed by atoms with Crippen LogP contribution in [0.1, 0.15) is 106 Å². The van der Waals surface area contributed by atoms with Gasteiger partial charge in [-0.2, -0.15) is 0 Å². The summed E-state index contributed by atoms with van der Waals surface area (Å²) in [6.45, 7) is 15.0. The predicted octanol–water partition coefficient (Wildman–Crippen LogP) is 4.77. The summed E-state index contributed by atoms with van der Waals surface area (Å²) in [4.78, 5) is 89.5. The molecular formula is C41H64N4O8. The topological polar surface area (TPSA) is 143 Å². The lowest BCUT2D eigenvalue weighted by atomic mass is 9.94. The largest absolute Gasteiger partial charge is 0.460 e. The maximum Gasteiger partial charge on any atom is 0.329 e. The SMILES string of the molecule is CCCCCC1OC(=O)[C@H](C(C)C)N(C)C(=O)[C@@H]2CCCN2C(=O)[C@H](Cc2ccccc2)OC(=O)C([C@@H](C)CC)N(C)C(=O)[C@H](C(C)C)NC(=O)[C@@H]1C. The molecule has 12 heteroatoms. The number of likely N-dealkylation sites (N-methyl/N-ethyl adjacent to an activating group) is 2. The number of amides is 4. The number of fused-ring (bicyclic) bond motifs is 1. The second-order valence-electron chi connectivity index (χ2n) is 15.7. The van der Waals surface area contributed by atoms with E-state index in [1.54, 1.807) is 14.0 Å². The van der Waals surface area contributed by atoms with Crippen molar-refractivity contribution in [1.82, 2.24) is 20.0 Å². The zero-order chi connectivity index (χ0) is 39.6. The minimum absolute atomic E-state index is 0.0620. The van der Waals surface area contributed by atoms with Crippen LogP contribution in [-0.4, -0.2) is 107 Å². The van der Waals surface area contributed by atoms with Crippen molar-refractivity contribution >= 4 is 35.6 Å². The van der Waals surface area contributed by atoms with E-state index in [0.29, 0.717) is 32.1 Å². The average molecular weight is 741 g/mol. The van der Waals surface area contributed by atoms with Gasteiger partial charge in [-0.15, -0.1) is 0 Å².